The summed E-state index contributed by atoms with van der Waals surface area (Å²) in [7, 11) is 0. The van der Waals surface area contributed by atoms with Gasteiger partial charge in [-0.1, -0.05) is 6.07 Å². The average molecular weight is 504 g/mol. The molecule has 5 atom stereocenters. The highest BCUT2D eigenvalue weighted by atomic mass is 127. The fraction of sp³-hybridized carbons (Fsp3) is 0.294. The highest BCUT2D eigenvalue weighted by molar-refractivity contribution is 14.1. The van der Waals surface area contributed by atoms with Crippen LogP contribution < -0.4 is 5.73 Å². The molecule has 8 nitrogen and oxygen atoms in total. The summed E-state index contributed by atoms with van der Waals surface area (Å²) in [5.41, 5.74) is 6.27. The second kappa shape index (κ2) is 7.15. The second-order valence-electron chi connectivity index (χ2n) is 6.43. The summed E-state index contributed by atoms with van der Waals surface area (Å²) in [6.45, 7) is 0. The third kappa shape index (κ3) is 3.03. The van der Waals surface area contributed by atoms with Crippen molar-refractivity contribution in [3.05, 3.63) is 51.5 Å². The summed E-state index contributed by atoms with van der Waals surface area (Å²) >= 11 is 2.03. The lowest BCUT2D eigenvalue weighted by Gasteiger charge is -2.21. The number of rotatable bonds is 3. The Morgan fingerprint density at radius 3 is 2.64 bits per heavy atom. The largest absolute Gasteiger partial charge is 0.387 e. The minimum atomic E-state index is -1.50. The van der Waals surface area contributed by atoms with Crippen molar-refractivity contribution in [2.75, 3.05) is 5.73 Å². The number of fused-ring (bicyclic) bond motifs is 1. The number of nitrogens with two attached hydrogens (primary N) is 1. The lowest BCUT2D eigenvalue weighted by atomic mass is 9.99. The number of hydrogen-bond acceptors (Lipinski definition) is 7. The number of anilines is 1. The number of ether oxygens (including phenoxy) is 1. The number of hydrogen-bond donors (Lipinski definition) is 4. The number of nitrogen functional groups attached to an aromatic ring is 1. The van der Waals surface area contributed by atoms with E-state index >= 15 is 0 Å². The monoisotopic (exact) mass is 504 g/mol. The molecule has 1 aromatic carbocycles. The van der Waals surface area contributed by atoms with Gasteiger partial charge in [-0.2, -0.15) is 0 Å². The van der Waals surface area contributed by atoms with Crippen molar-refractivity contribution in [1.82, 2.24) is 14.5 Å². The van der Waals surface area contributed by atoms with Crippen molar-refractivity contribution in [2.24, 2.45) is 0 Å². The van der Waals surface area contributed by atoms with E-state index < -0.39 is 42.3 Å². The Morgan fingerprint density at radius 1 is 1.18 bits per heavy atom. The molecule has 0 amide bonds. The maximum absolute atomic E-state index is 13.5. The first-order valence-electron chi connectivity index (χ1n) is 8.20. The summed E-state index contributed by atoms with van der Waals surface area (Å²) in [6, 6.07) is 2.86. The third-order valence-corrected chi connectivity index (χ3v) is 5.56. The van der Waals surface area contributed by atoms with E-state index in [0.29, 0.717) is 14.6 Å². The van der Waals surface area contributed by atoms with E-state index in [4.69, 9.17) is 10.5 Å². The quantitative estimate of drug-likeness (QED) is 0.396. The molecule has 0 radical (unpaired) electrons. The van der Waals surface area contributed by atoms with Gasteiger partial charge >= 0.3 is 0 Å². The van der Waals surface area contributed by atoms with Crippen LogP contribution in [0.15, 0.2) is 30.7 Å². The van der Waals surface area contributed by atoms with Gasteiger partial charge in [0.25, 0.3) is 0 Å². The molecule has 0 saturated carbocycles. The van der Waals surface area contributed by atoms with Crippen LogP contribution in [0.5, 0.6) is 0 Å². The molecule has 11 heteroatoms. The van der Waals surface area contributed by atoms with E-state index in [1.54, 1.807) is 6.20 Å². The standard InChI is InChI=1S/C17H15F2IN4O4/c18-7-2-1-6(3-8(7)19)11(25)14-12(26)13(27)17(28-14)24-4-9(20)10-15(21)22-5-23-16(10)24/h1-5,11-14,17,25-27H,(H2,21,22,23)/t11-,12+,13-,14-,17-/m1/s1. The zero-order valence-electron chi connectivity index (χ0n) is 14.1. The zero-order chi connectivity index (χ0) is 20.2. The van der Waals surface area contributed by atoms with Crippen LogP contribution in [-0.2, 0) is 4.74 Å². The molecule has 148 valence electrons. The summed E-state index contributed by atoms with van der Waals surface area (Å²) in [5, 5.41) is 32.0. The molecule has 28 heavy (non-hydrogen) atoms. The minimum Gasteiger partial charge on any atom is -0.387 e. The van der Waals surface area contributed by atoms with Crippen LogP contribution in [0.4, 0.5) is 14.6 Å². The fourth-order valence-electron chi connectivity index (χ4n) is 3.32. The molecular formula is C17H15F2IN4O4. The van der Waals surface area contributed by atoms with Crippen molar-refractivity contribution in [3.8, 4) is 0 Å². The van der Waals surface area contributed by atoms with Crippen molar-refractivity contribution < 1.29 is 28.8 Å². The van der Waals surface area contributed by atoms with Gasteiger partial charge in [0.1, 0.15) is 42.2 Å². The van der Waals surface area contributed by atoms with Crippen LogP contribution in [0.2, 0.25) is 0 Å². The van der Waals surface area contributed by atoms with Crippen molar-refractivity contribution >= 4 is 39.4 Å². The molecule has 0 unspecified atom stereocenters. The molecule has 3 aromatic rings. The van der Waals surface area contributed by atoms with E-state index in [9.17, 15) is 24.1 Å². The lowest BCUT2D eigenvalue weighted by Crippen LogP contribution is -2.34. The number of aromatic nitrogens is 3. The molecule has 5 N–H and O–H groups in total. The van der Waals surface area contributed by atoms with Crippen LogP contribution in [0.1, 0.15) is 17.9 Å². The Bertz CT molecular complexity index is 1050. The van der Waals surface area contributed by atoms with Gasteiger partial charge in [0.2, 0.25) is 0 Å². The predicted octanol–water partition coefficient (Wildman–Crippen LogP) is 1.25. The number of benzene rings is 1. The first-order valence-corrected chi connectivity index (χ1v) is 9.28. The number of halogens is 3. The number of aliphatic hydroxyl groups excluding tert-OH is 3. The summed E-state index contributed by atoms with van der Waals surface area (Å²) in [6.07, 6.45) is -3.86. The van der Waals surface area contributed by atoms with Crippen molar-refractivity contribution in [1.29, 1.82) is 0 Å². The fourth-order valence-corrected chi connectivity index (χ4v) is 4.14. The molecule has 1 aliphatic heterocycles. The number of aliphatic hydroxyl groups is 3. The van der Waals surface area contributed by atoms with Gasteiger partial charge in [-0.05, 0) is 40.3 Å². The molecule has 1 fully saturated rings. The van der Waals surface area contributed by atoms with Gasteiger partial charge in [-0.15, -0.1) is 0 Å². The van der Waals surface area contributed by atoms with Crippen LogP contribution in [0, 0.1) is 15.2 Å². The van der Waals surface area contributed by atoms with E-state index in [1.165, 1.54) is 17.0 Å². The molecule has 0 bridgehead atoms. The van der Waals surface area contributed by atoms with Gasteiger partial charge in [-0.25, -0.2) is 18.7 Å². The first kappa shape index (κ1) is 19.4. The van der Waals surface area contributed by atoms with Gasteiger partial charge in [0.05, 0.1) is 5.39 Å². The molecule has 1 saturated heterocycles. The SMILES string of the molecule is Nc1ncnc2c1c(I)cn2[C@@H]1O[C@H]([C@H](O)c2ccc(F)c(F)c2)[C@@H](O)[C@H]1O. The topological polar surface area (TPSA) is 127 Å². The molecule has 4 rings (SSSR count). The zero-order valence-corrected chi connectivity index (χ0v) is 16.2. The van der Waals surface area contributed by atoms with Crippen molar-refractivity contribution in [3.63, 3.8) is 0 Å². The Labute approximate surface area is 170 Å². The van der Waals surface area contributed by atoms with Gasteiger partial charge in [0, 0.05) is 9.77 Å². The highest BCUT2D eigenvalue weighted by Gasteiger charge is 2.47. The first-order chi connectivity index (χ1) is 13.3. The average Bonchev–Trinajstić information content (AvgIpc) is 3.15. The smallest absolute Gasteiger partial charge is 0.164 e. The highest BCUT2D eigenvalue weighted by Crippen LogP contribution is 2.39. The van der Waals surface area contributed by atoms with Crippen LogP contribution >= 0.6 is 22.6 Å². The van der Waals surface area contributed by atoms with Crippen LogP contribution in [-0.4, -0.2) is 48.2 Å². The Kier molecular flexibility index (Phi) is 4.95. The van der Waals surface area contributed by atoms with Gasteiger partial charge in [0.15, 0.2) is 17.9 Å². The second-order valence-corrected chi connectivity index (χ2v) is 7.59. The van der Waals surface area contributed by atoms with Gasteiger partial charge < -0.3 is 30.4 Å². The Balaban J connectivity index is 1.69. The van der Waals surface area contributed by atoms with Crippen LogP contribution in [0.3, 0.4) is 0 Å². The maximum Gasteiger partial charge on any atom is 0.164 e. The summed E-state index contributed by atoms with van der Waals surface area (Å²) in [4.78, 5) is 8.09. The van der Waals surface area contributed by atoms with Gasteiger partial charge in [-0.3, -0.25) is 0 Å². The van der Waals surface area contributed by atoms with E-state index in [2.05, 4.69) is 9.97 Å². The molecule has 0 spiro atoms. The normalized spacial score (nSPS) is 26.1. The van der Waals surface area contributed by atoms with E-state index in [0.717, 1.165) is 12.1 Å². The molecular weight excluding hydrogens is 489 g/mol. The summed E-state index contributed by atoms with van der Waals surface area (Å²) < 4.78 is 34.5. The molecule has 0 aliphatic carbocycles. The molecule has 1 aliphatic rings. The minimum absolute atomic E-state index is 0.00862. The predicted molar refractivity (Wildman–Crippen MR) is 102 cm³/mol. The molecule has 3 heterocycles. The Morgan fingerprint density at radius 2 is 1.93 bits per heavy atom. The summed E-state index contributed by atoms with van der Waals surface area (Å²) in [5.74, 6) is -1.95. The van der Waals surface area contributed by atoms with Crippen LogP contribution in [0.25, 0.3) is 11.0 Å². The third-order valence-electron chi connectivity index (χ3n) is 4.74. The molecule has 2 aromatic heterocycles. The van der Waals surface area contributed by atoms with E-state index in [-0.39, 0.29) is 11.4 Å². The lowest BCUT2D eigenvalue weighted by molar-refractivity contribution is -0.0849. The number of nitrogens with zero attached hydrogens (tertiary/aromatic N) is 3. The Hall–Kier alpha value is -1.93. The van der Waals surface area contributed by atoms with E-state index in [1.807, 2.05) is 22.6 Å². The van der Waals surface area contributed by atoms with Crippen molar-refractivity contribution in [2.45, 2.75) is 30.6 Å². The maximum atomic E-state index is 13.5.